The second-order valence-electron chi connectivity index (χ2n) is 7.46. The Morgan fingerprint density at radius 2 is 2.04 bits per heavy atom. The van der Waals surface area contributed by atoms with E-state index in [4.69, 9.17) is 4.74 Å². The van der Waals surface area contributed by atoms with E-state index in [-0.39, 0.29) is 17.9 Å². The second kappa shape index (κ2) is 7.92. The van der Waals surface area contributed by atoms with Gasteiger partial charge in [-0.05, 0) is 43.6 Å². The fraction of sp³-hybridized carbons (Fsp3) is 0.476. The van der Waals surface area contributed by atoms with Gasteiger partial charge in [0.1, 0.15) is 0 Å². The van der Waals surface area contributed by atoms with E-state index in [0.29, 0.717) is 18.2 Å². The van der Waals surface area contributed by atoms with Crippen molar-refractivity contribution in [1.82, 2.24) is 14.8 Å². The predicted molar refractivity (Wildman–Crippen MR) is 101 cm³/mol. The molecule has 0 saturated carbocycles. The first-order chi connectivity index (χ1) is 13.2. The maximum atomic E-state index is 13.5. The third-order valence-electron chi connectivity index (χ3n) is 5.92. The molecule has 27 heavy (non-hydrogen) atoms. The summed E-state index contributed by atoms with van der Waals surface area (Å²) in [6, 6.07) is 9.62. The van der Waals surface area contributed by atoms with E-state index >= 15 is 0 Å². The first-order valence-electron chi connectivity index (χ1n) is 9.54. The van der Waals surface area contributed by atoms with Gasteiger partial charge in [0, 0.05) is 44.2 Å². The van der Waals surface area contributed by atoms with Gasteiger partial charge in [0.15, 0.2) is 11.6 Å². The molecule has 3 heterocycles. The van der Waals surface area contributed by atoms with E-state index in [1.54, 1.807) is 25.4 Å². The molecule has 0 spiro atoms. The fourth-order valence-electron chi connectivity index (χ4n) is 4.37. The van der Waals surface area contributed by atoms with Crippen LogP contribution in [0.15, 0.2) is 42.7 Å². The van der Waals surface area contributed by atoms with E-state index in [1.165, 1.54) is 11.6 Å². The Morgan fingerprint density at radius 1 is 1.22 bits per heavy atom. The van der Waals surface area contributed by atoms with Crippen LogP contribution >= 0.6 is 0 Å². The number of pyridine rings is 1. The number of hydrogen-bond donors (Lipinski definition) is 1. The SMILES string of the molecule is CO[C@H]1CN(C2CCN(Cc3cccc(F)c3O)CC2)[C@H]1c1cccnc1. The van der Waals surface area contributed by atoms with Gasteiger partial charge >= 0.3 is 0 Å². The van der Waals surface area contributed by atoms with Gasteiger partial charge in [-0.3, -0.25) is 14.8 Å². The largest absolute Gasteiger partial charge is 0.505 e. The number of likely N-dealkylation sites (tertiary alicyclic amines) is 2. The number of phenolic OH excluding ortho intramolecular Hbond substituents is 1. The van der Waals surface area contributed by atoms with Gasteiger partial charge in [0.05, 0.1) is 12.1 Å². The molecular weight excluding hydrogens is 345 g/mol. The molecule has 2 aliphatic heterocycles. The topological polar surface area (TPSA) is 48.8 Å². The van der Waals surface area contributed by atoms with Crippen molar-refractivity contribution in [3.05, 3.63) is 59.7 Å². The second-order valence-corrected chi connectivity index (χ2v) is 7.46. The molecule has 2 aromatic rings. The summed E-state index contributed by atoms with van der Waals surface area (Å²) in [6.07, 6.45) is 6.07. The van der Waals surface area contributed by atoms with Crippen LogP contribution in [0.2, 0.25) is 0 Å². The lowest BCUT2D eigenvalue weighted by molar-refractivity contribution is -0.117. The molecule has 0 unspecified atom stereocenters. The van der Waals surface area contributed by atoms with Crippen molar-refractivity contribution in [1.29, 1.82) is 0 Å². The van der Waals surface area contributed by atoms with Gasteiger partial charge in [-0.1, -0.05) is 18.2 Å². The van der Waals surface area contributed by atoms with Crippen LogP contribution in [0.4, 0.5) is 4.39 Å². The maximum absolute atomic E-state index is 13.5. The normalized spacial score (nSPS) is 24.7. The summed E-state index contributed by atoms with van der Waals surface area (Å²) in [5, 5.41) is 9.90. The lowest BCUT2D eigenvalue weighted by Gasteiger charge is -2.53. The lowest BCUT2D eigenvalue weighted by atomic mass is 9.87. The molecule has 6 heteroatoms. The number of aromatic nitrogens is 1. The molecule has 2 saturated heterocycles. The summed E-state index contributed by atoms with van der Waals surface area (Å²) in [5.41, 5.74) is 1.87. The molecular formula is C21H26FN3O2. The monoisotopic (exact) mass is 371 g/mol. The first kappa shape index (κ1) is 18.3. The molecule has 1 aromatic carbocycles. The van der Waals surface area contributed by atoms with Crippen LogP contribution in [-0.4, -0.2) is 58.8 Å². The Balaban J connectivity index is 1.37. The van der Waals surface area contributed by atoms with Crippen molar-refractivity contribution >= 4 is 0 Å². The van der Waals surface area contributed by atoms with E-state index < -0.39 is 5.82 Å². The number of benzene rings is 1. The third kappa shape index (κ3) is 3.70. The molecule has 4 rings (SSSR count). The van der Waals surface area contributed by atoms with Crippen LogP contribution in [0.3, 0.4) is 0 Å². The molecule has 0 radical (unpaired) electrons. The highest BCUT2D eigenvalue weighted by Gasteiger charge is 2.44. The molecule has 5 nitrogen and oxygen atoms in total. The van der Waals surface area contributed by atoms with Gasteiger partial charge in [0.25, 0.3) is 0 Å². The van der Waals surface area contributed by atoms with Crippen molar-refractivity contribution in [3.63, 3.8) is 0 Å². The zero-order valence-corrected chi connectivity index (χ0v) is 15.6. The van der Waals surface area contributed by atoms with E-state index in [0.717, 1.165) is 32.5 Å². The molecule has 144 valence electrons. The van der Waals surface area contributed by atoms with Crippen molar-refractivity contribution in [2.45, 2.75) is 37.6 Å². The average Bonchev–Trinajstić information content (AvgIpc) is 2.67. The van der Waals surface area contributed by atoms with Gasteiger partial charge in [-0.15, -0.1) is 0 Å². The van der Waals surface area contributed by atoms with Crippen molar-refractivity contribution < 1.29 is 14.2 Å². The standard InChI is InChI=1S/C21H26FN3O2/c1-27-19-14-25(20(19)15-5-3-9-23-12-15)17-7-10-24(11-8-17)13-16-4-2-6-18(22)21(16)26/h2-6,9,12,17,19-20,26H,7-8,10-11,13-14H2,1H3/t19-,20-/m0/s1. The zero-order valence-electron chi connectivity index (χ0n) is 15.6. The number of ether oxygens (including phenoxy) is 1. The van der Waals surface area contributed by atoms with Crippen LogP contribution in [0.25, 0.3) is 0 Å². The average molecular weight is 371 g/mol. The van der Waals surface area contributed by atoms with Gasteiger partial charge in [0.2, 0.25) is 0 Å². The molecule has 0 bridgehead atoms. The number of methoxy groups -OCH3 is 1. The van der Waals surface area contributed by atoms with E-state index in [9.17, 15) is 9.50 Å². The van der Waals surface area contributed by atoms with Crippen LogP contribution in [0, 0.1) is 5.82 Å². The van der Waals surface area contributed by atoms with Crippen LogP contribution in [-0.2, 0) is 11.3 Å². The number of para-hydroxylation sites is 1. The molecule has 0 aliphatic carbocycles. The van der Waals surface area contributed by atoms with Crippen molar-refractivity contribution in [2.24, 2.45) is 0 Å². The smallest absolute Gasteiger partial charge is 0.165 e. The quantitative estimate of drug-likeness (QED) is 0.876. The fourth-order valence-corrected chi connectivity index (χ4v) is 4.37. The number of nitrogens with zero attached hydrogens (tertiary/aromatic N) is 3. The van der Waals surface area contributed by atoms with Gasteiger partial charge in [-0.25, -0.2) is 4.39 Å². The number of phenols is 1. The summed E-state index contributed by atoms with van der Waals surface area (Å²) in [6.45, 7) is 3.41. The predicted octanol–water partition coefficient (Wildman–Crippen LogP) is 2.96. The number of hydrogen-bond acceptors (Lipinski definition) is 5. The Hall–Kier alpha value is -2.02. The van der Waals surface area contributed by atoms with E-state index in [2.05, 4.69) is 20.9 Å². The lowest BCUT2D eigenvalue weighted by Crippen LogP contribution is -2.60. The Labute approximate surface area is 159 Å². The molecule has 2 fully saturated rings. The number of halogens is 1. The van der Waals surface area contributed by atoms with Gasteiger partial charge < -0.3 is 9.84 Å². The highest BCUT2D eigenvalue weighted by Crippen LogP contribution is 2.39. The molecule has 0 amide bonds. The molecule has 1 aromatic heterocycles. The summed E-state index contributed by atoms with van der Waals surface area (Å²) < 4.78 is 19.2. The number of rotatable bonds is 5. The summed E-state index contributed by atoms with van der Waals surface area (Å²) in [7, 11) is 1.78. The Kier molecular flexibility index (Phi) is 5.38. The van der Waals surface area contributed by atoms with Gasteiger partial charge in [-0.2, -0.15) is 0 Å². The minimum Gasteiger partial charge on any atom is -0.505 e. The van der Waals surface area contributed by atoms with Crippen LogP contribution in [0.1, 0.15) is 30.0 Å². The summed E-state index contributed by atoms with van der Waals surface area (Å²) in [5.74, 6) is -0.769. The highest BCUT2D eigenvalue weighted by molar-refractivity contribution is 5.33. The van der Waals surface area contributed by atoms with E-state index in [1.807, 2.05) is 12.3 Å². The number of piperidine rings is 1. The molecule has 1 N–H and O–H groups in total. The molecule has 2 atom stereocenters. The minimum absolute atomic E-state index is 0.219. The van der Waals surface area contributed by atoms with Crippen molar-refractivity contribution in [2.75, 3.05) is 26.7 Å². The minimum atomic E-state index is -0.548. The van der Waals surface area contributed by atoms with Crippen LogP contribution < -0.4 is 0 Å². The summed E-state index contributed by atoms with van der Waals surface area (Å²) in [4.78, 5) is 9.08. The zero-order chi connectivity index (χ0) is 18.8. The van der Waals surface area contributed by atoms with Crippen LogP contribution in [0.5, 0.6) is 5.75 Å². The Morgan fingerprint density at radius 3 is 2.74 bits per heavy atom. The summed E-state index contributed by atoms with van der Waals surface area (Å²) >= 11 is 0. The molecule has 2 aliphatic rings. The third-order valence-corrected chi connectivity index (χ3v) is 5.92. The first-order valence-corrected chi connectivity index (χ1v) is 9.54. The highest BCUT2D eigenvalue weighted by atomic mass is 19.1. The van der Waals surface area contributed by atoms with Crippen molar-refractivity contribution in [3.8, 4) is 5.75 Å². The number of aromatic hydroxyl groups is 1. The maximum Gasteiger partial charge on any atom is 0.165 e. The Bertz CT molecular complexity index is 765.